The van der Waals surface area contributed by atoms with Gasteiger partial charge in [-0.25, -0.2) is 9.78 Å². The summed E-state index contributed by atoms with van der Waals surface area (Å²) in [5.41, 5.74) is 3.39. The van der Waals surface area contributed by atoms with E-state index < -0.39 is 5.60 Å². The molecule has 0 unspecified atom stereocenters. The number of ether oxygens (including phenoxy) is 2. The van der Waals surface area contributed by atoms with Crippen LogP contribution < -0.4 is 4.74 Å². The van der Waals surface area contributed by atoms with Crippen molar-refractivity contribution in [3.63, 3.8) is 0 Å². The van der Waals surface area contributed by atoms with Gasteiger partial charge in [0.15, 0.2) is 0 Å². The number of imidazole rings is 1. The number of methoxy groups -OCH3 is 1. The first-order valence-electron chi connectivity index (χ1n) is 10.1. The van der Waals surface area contributed by atoms with Gasteiger partial charge in [-0.3, -0.25) is 4.40 Å². The molecule has 6 heteroatoms. The van der Waals surface area contributed by atoms with Crippen molar-refractivity contribution in [2.45, 2.75) is 32.8 Å². The first-order chi connectivity index (χ1) is 14.4. The van der Waals surface area contributed by atoms with Crippen LogP contribution in [0.25, 0.3) is 22.5 Å². The molecule has 156 valence electrons. The van der Waals surface area contributed by atoms with E-state index in [0.717, 1.165) is 40.3 Å². The lowest BCUT2D eigenvalue weighted by molar-refractivity contribution is 0.0273. The number of carbonyl (C=O) groups excluding carboxylic acids is 1. The lowest BCUT2D eigenvalue weighted by Gasteiger charge is -2.30. The van der Waals surface area contributed by atoms with Gasteiger partial charge in [-0.05, 0) is 57.0 Å². The predicted molar refractivity (Wildman–Crippen MR) is 118 cm³/mol. The molecule has 1 amide bonds. The number of hydrogen-bond acceptors (Lipinski definition) is 4. The van der Waals surface area contributed by atoms with E-state index in [9.17, 15) is 4.79 Å². The number of rotatable bonds is 3. The molecule has 1 aliphatic rings. The molecule has 0 spiro atoms. The Labute approximate surface area is 176 Å². The number of nitrogens with zero attached hydrogens (tertiary/aromatic N) is 3. The first-order valence-corrected chi connectivity index (χ1v) is 10.1. The molecule has 0 aliphatic carbocycles. The van der Waals surface area contributed by atoms with Gasteiger partial charge < -0.3 is 14.4 Å². The van der Waals surface area contributed by atoms with Gasteiger partial charge >= 0.3 is 6.09 Å². The van der Waals surface area contributed by atoms with Gasteiger partial charge in [0.25, 0.3) is 0 Å². The van der Waals surface area contributed by atoms with E-state index in [2.05, 4.69) is 16.5 Å². The molecule has 6 nitrogen and oxygen atoms in total. The smallest absolute Gasteiger partial charge is 0.410 e. The average Bonchev–Trinajstić information content (AvgIpc) is 3.12. The van der Waals surface area contributed by atoms with Gasteiger partial charge in [-0.15, -0.1) is 0 Å². The maximum absolute atomic E-state index is 12.6. The SMILES string of the molecule is COc1cccc(-c2nc(C3=CCCN(C(=O)OC(C)(C)C)C3)c3ccccn23)c1. The van der Waals surface area contributed by atoms with E-state index in [4.69, 9.17) is 14.5 Å². The van der Waals surface area contributed by atoms with Crippen LogP contribution in [0.1, 0.15) is 32.9 Å². The molecule has 0 saturated carbocycles. The van der Waals surface area contributed by atoms with Crippen molar-refractivity contribution in [3.05, 3.63) is 60.4 Å². The zero-order valence-corrected chi connectivity index (χ0v) is 17.9. The molecule has 0 fully saturated rings. The Morgan fingerprint density at radius 2 is 1.97 bits per heavy atom. The molecule has 4 rings (SSSR count). The van der Waals surface area contributed by atoms with Crippen LogP contribution in [0, 0.1) is 0 Å². The van der Waals surface area contributed by atoms with Crippen molar-refractivity contribution in [1.29, 1.82) is 0 Å². The monoisotopic (exact) mass is 405 g/mol. The summed E-state index contributed by atoms with van der Waals surface area (Å²) in [6.45, 7) is 6.78. The highest BCUT2D eigenvalue weighted by molar-refractivity contribution is 5.83. The summed E-state index contributed by atoms with van der Waals surface area (Å²) in [6, 6.07) is 13.9. The van der Waals surface area contributed by atoms with Crippen molar-refractivity contribution >= 4 is 17.2 Å². The molecule has 30 heavy (non-hydrogen) atoms. The topological polar surface area (TPSA) is 56.1 Å². The van der Waals surface area contributed by atoms with E-state index >= 15 is 0 Å². The van der Waals surface area contributed by atoms with Crippen LogP contribution in [0.3, 0.4) is 0 Å². The normalized spacial score (nSPS) is 14.5. The Hall–Kier alpha value is -3.28. The van der Waals surface area contributed by atoms with Gasteiger partial charge in [0.2, 0.25) is 0 Å². The lowest BCUT2D eigenvalue weighted by atomic mass is 10.1. The summed E-state index contributed by atoms with van der Waals surface area (Å²) in [5.74, 6) is 1.63. The second kappa shape index (κ2) is 7.86. The summed E-state index contributed by atoms with van der Waals surface area (Å²) in [7, 11) is 1.66. The summed E-state index contributed by atoms with van der Waals surface area (Å²) < 4.78 is 13.0. The number of amides is 1. The summed E-state index contributed by atoms with van der Waals surface area (Å²) in [5, 5.41) is 0. The molecule has 1 aliphatic heterocycles. The largest absolute Gasteiger partial charge is 0.497 e. The molecule has 3 aromatic rings. The highest BCUT2D eigenvalue weighted by Gasteiger charge is 2.26. The van der Waals surface area contributed by atoms with E-state index in [-0.39, 0.29) is 6.09 Å². The zero-order valence-electron chi connectivity index (χ0n) is 17.9. The molecular weight excluding hydrogens is 378 g/mol. The number of aromatic nitrogens is 2. The second-order valence-corrected chi connectivity index (χ2v) is 8.39. The van der Waals surface area contributed by atoms with Gasteiger partial charge in [-0.2, -0.15) is 0 Å². The molecule has 0 saturated heterocycles. The lowest BCUT2D eigenvalue weighted by Crippen LogP contribution is -2.39. The standard InChI is InChI=1S/C24H27N3O3/c1-24(2,3)30-23(28)26-13-8-10-18(16-26)21-20-12-5-6-14-27(20)22(25-21)17-9-7-11-19(15-17)29-4/h5-7,9-12,14-15H,8,13,16H2,1-4H3. The third-order valence-corrected chi connectivity index (χ3v) is 4.98. The number of pyridine rings is 1. The number of carbonyl (C=O) groups is 1. The fourth-order valence-electron chi connectivity index (χ4n) is 3.64. The number of fused-ring (bicyclic) bond motifs is 1. The van der Waals surface area contributed by atoms with Crippen molar-refractivity contribution in [2.75, 3.05) is 20.2 Å². The summed E-state index contributed by atoms with van der Waals surface area (Å²) in [6.07, 6.45) is 4.67. The molecule has 1 aromatic carbocycles. The van der Waals surface area contributed by atoms with E-state index in [1.54, 1.807) is 12.0 Å². The van der Waals surface area contributed by atoms with Crippen LogP contribution in [-0.4, -0.2) is 46.2 Å². The Kier molecular flexibility index (Phi) is 5.24. The fourth-order valence-corrected chi connectivity index (χ4v) is 3.64. The quantitative estimate of drug-likeness (QED) is 0.613. The van der Waals surface area contributed by atoms with Gasteiger partial charge in [0, 0.05) is 18.3 Å². The van der Waals surface area contributed by atoms with Crippen molar-refractivity contribution in [2.24, 2.45) is 0 Å². The minimum absolute atomic E-state index is 0.287. The van der Waals surface area contributed by atoms with Crippen LogP contribution in [0.15, 0.2) is 54.7 Å². The van der Waals surface area contributed by atoms with Gasteiger partial charge in [-0.1, -0.05) is 24.3 Å². The van der Waals surface area contributed by atoms with Crippen LogP contribution in [0.2, 0.25) is 0 Å². The van der Waals surface area contributed by atoms with Crippen LogP contribution >= 0.6 is 0 Å². The summed E-state index contributed by atoms with van der Waals surface area (Å²) in [4.78, 5) is 19.3. The van der Waals surface area contributed by atoms with Gasteiger partial charge in [0.05, 0.1) is 24.9 Å². The minimum Gasteiger partial charge on any atom is -0.497 e. The maximum atomic E-state index is 12.6. The molecule has 0 atom stereocenters. The van der Waals surface area contributed by atoms with Crippen molar-refractivity contribution in [3.8, 4) is 17.1 Å². The Morgan fingerprint density at radius 1 is 1.13 bits per heavy atom. The average molecular weight is 405 g/mol. The maximum Gasteiger partial charge on any atom is 0.410 e. The van der Waals surface area contributed by atoms with E-state index in [1.165, 1.54) is 0 Å². The third kappa shape index (κ3) is 4.03. The zero-order chi connectivity index (χ0) is 21.3. The molecule has 0 radical (unpaired) electrons. The molecule has 0 bridgehead atoms. The van der Waals surface area contributed by atoms with Gasteiger partial charge in [0.1, 0.15) is 17.2 Å². The Bertz CT molecular complexity index is 1110. The van der Waals surface area contributed by atoms with Crippen LogP contribution in [0.4, 0.5) is 4.79 Å². The van der Waals surface area contributed by atoms with Crippen molar-refractivity contribution in [1.82, 2.24) is 14.3 Å². The second-order valence-electron chi connectivity index (χ2n) is 8.39. The molecule has 2 aromatic heterocycles. The summed E-state index contributed by atoms with van der Waals surface area (Å²) >= 11 is 0. The highest BCUT2D eigenvalue weighted by Crippen LogP contribution is 2.31. The Balaban J connectivity index is 1.71. The van der Waals surface area contributed by atoms with Crippen molar-refractivity contribution < 1.29 is 14.3 Å². The predicted octanol–water partition coefficient (Wildman–Crippen LogP) is 5.03. The highest BCUT2D eigenvalue weighted by atomic mass is 16.6. The molecular formula is C24H27N3O3. The minimum atomic E-state index is -0.515. The molecule has 3 heterocycles. The third-order valence-electron chi connectivity index (χ3n) is 4.98. The van der Waals surface area contributed by atoms with Crippen LogP contribution in [0.5, 0.6) is 5.75 Å². The fraction of sp³-hybridized carbons (Fsp3) is 0.333. The first kappa shape index (κ1) is 20.0. The molecule has 0 N–H and O–H groups in total. The van der Waals surface area contributed by atoms with E-state index in [1.807, 2.05) is 63.4 Å². The number of hydrogen-bond donors (Lipinski definition) is 0. The van der Waals surface area contributed by atoms with Crippen LogP contribution in [-0.2, 0) is 4.74 Å². The Morgan fingerprint density at radius 3 is 2.73 bits per heavy atom. The number of benzene rings is 1. The van der Waals surface area contributed by atoms with E-state index in [0.29, 0.717) is 13.1 Å².